The van der Waals surface area contributed by atoms with E-state index in [0.717, 1.165) is 18.5 Å². The minimum Gasteiger partial charge on any atom is -0.486 e. The van der Waals surface area contributed by atoms with Crippen molar-refractivity contribution in [2.24, 2.45) is 0 Å². The van der Waals surface area contributed by atoms with Crippen LogP contribution in [0.3, 0.4) is 0 Å². The smallest absolute Gasteiger partial charge is 0.157 e. The Balaban J connectivity index is 2.63. The lowest BCUT2D eigenvalue weighted by Crippen LogP contribution is -1.98. The number of carbonyl (C=O) groups is 1. The molecule has 0 bridgehead atoms. The molecule has 0 saturated carbocycles. The van der Waals surface area contributed by atoms with Gasteiger partial charge >= 0.3 is 0 Å². The van der Waals surface area contributed by atoms with E-state index in [4.69, 9.17) is 4.74 Å². The molecule has 0 aliphatic carbocycles. The Bertz CT molecular complexity index is 277. The van der Waals surface area contributed by atoms with Crippen molar-refractivity contribution in [3.05, 3.63) is 29.8 Å². The van der Waals surface area contributed by atoms with Gasteiger partial charge in [0.25, 0.3) is 0 Å². The summed E-state index contributed by atoms with van der Waals surface area (Å²) in [5.41, 5.74) is 1.31. The highest BCUT2D eigenvalue weighted by Crippen LogP contribution is 2.21. The highest BCUT2D eigenvalue weighted by molar-refractivity contribution is 5.51. The summed E-state index contributed by atoms with van der Waals surface area (Å²) in [6.45, 7) is 4.49. The Kier molecular flexibility index (Phi) is 4.17. The van der Waals surface area contributed by atoms with Crippen LogP contribution in [-0.4, -0.2) is 12.9 Å². The molecule has 0 amide bonds. The number of benzene rings is 1. The Labute approximate surface area is 84.9 Å². The Morgan fingerprint density at radius 1 is 1.36 bits per heavy atom. The second-order valence-corrected chi connectivity index (χ2v) is 3.36. The molecule has 0 spiro atoms. The molecule has 0 aromatic heterocycles. The van der Waals surface area contributed by atoms with Crippen LogP contribution >= 0.6 is 0 Å². The molecule has 0 aliphatic rings. The van der Waals surface area contributed by atoms with E-state index >= 15 is 0 Å². The monoisotopic (exact) mass is 192 g/mol. The SMILES string of the molecule is CCC(C)c1ccc(OCC=O)cc1. The molecule has 1 unspecified atom stereocenters. The first kappa shape index (κ1) is 10.8. The largest absolute Gasteiger partial charge is 0.486 e. The number of carbonyl (C=O) groups excluding carboxylic acids is 1. The van der Waals surface area contributed by atoms with Crippen molar-refractivity contribution >= 4 is 6.29 Å². The normalized spacial score (nSPS) is 12.1. The molecule has 0 aliphatic heterocycles. The first-order valence-corrected chi connectivity index (χ1v) is 4.94. The average Bonchev–Trinajstić information content (AvgIpc) is 2.26. The average molecular weight is 192 g/mol. The van der Waals surface area contributed by atoms with Gasteiger partial charge in [-0.2, -0.15) is 0 Å². The van der Waals surface area contributed by atoms with Gasteiger partial charge in [0.15, 0.2) is 6.29 Å². The second-order valence-electron chi connectivity index (χ2n) is 3.36. The summed E-state index contributed by atoms with van der Waals surface area (Å²) >= 11 is 0. The molecule has 1 aromatic carbocycles. The van der Waals surface area contributed by atoms with Gasteiger partial charge < -0.3 is 4.74 Å². The lowest BCUT2D eigenvalue weighted by molar-refractivity contribution is -0.109. The Morgan fingerprint density at radius 3 is 2.50 bits per heavy atom. The molecular formula is C12H16O2. The predicted octanol–water partition coefficient (Wildman–Crippen LogP) is 2.78. The van der Waals surface area contributed by atoms with Gasteiger partial charge in [-0.3, -0.25) is 4.79 Å². The lowest BCUT2D eigenvalue weighted by Gasteiger charge is -2.09. The van der Waals surface area contributed by atoms with Crippen LogP contribution in [0.5, 0.6) is 5.75 Å². The first-order chi connectivity index (χ1) is 6.77. The molecule has 1 atom stereocenters. The molecule has 0 fully saturated rings. The van der Waals surface area contributed by atoms with Crippen LogP contribution < -0.4 is 4.74 Å². The molecule has 0 saturated heterocycles. The maximum atomic E-state index is 10.1. The summed E-state index contributed by atoms with van der Waals surface area (Å²) in [7, 11) is 0. The molecule has 1 rings (SSSR count). The van der Waals surface area contributed by atoms with E-state index in [0.29, 0.717) is 5.92 Å². The molecule has 0 N–H and O–H groups in total. The highest BCUT2D eigenvalue weighted by atomic mass is 16.5. The van der Waals surface area contributed by atoms with Gasteiger partial charge in [-0.05, 0) is 30.0 Å². The van der Waals surface area contributed by atoms with Crippen LogP contribution in [-0.2, 0) is 4.79 Å². The number of ether oxygens (including phenoxy) is 1. The zero-order chi connectivity index (χ0) is 10.4. The zero-order valence-electron chi connectivity index (χ0n) is 8.69. The van der Waals surface area contributed by atoms with Crippen molar-refractivity contribution < 1.29 is 9.53 Å². The molecule has 0 radical (unpaired) electrons. The predicted molar refractivity (Wildman–Crippen MR) is 56.7 cm³/mol. The quantitative estimate of drug-likeness (QED) is 0.670. The third-order valence-corrected chi connectivity index (χ3v) is 2.38. The van der Waals surface area contributed by atoms with Crippen LogP contribution in [0, 0.1) is 0 Å². The molecule has 1 aromatic rings. The van der Waals surface area contributed by atoms with E-state index in [2.05, 4.69) is 13.8 Å². The number of hydrogen-bond acceptors (Lipinski definition) is 2. The van der Waals surface area contributed by atoms with Crippen LogP contribution in [0.4, 0.5) is 0 Å². The summed E-state index contributed by atoms with van der Waals surface area (Å²) in [5, 5.41) is 0. The van der Waals surface area contributed by atoms with E-state index in [9.17, 15) is 4.79 Å². The van der Waals surface area contributed by atoms with Gasteiger partial charge in [0.05, 0.1) is 0 Å². The molecule has 14 heavy (non-hydrogen) atoms. The zero-order valence-corrected chi connectivity index (χ0v) is 8.69. The minimum absolute atomic E-state index is 0.128. The van der Waals surface area contributed by atoms with Crippen molar-refractivity contribution in [2.45, 2.75) is 26.2 Å². The van der Waals surface area contributed by atoms with Crippen LogP contribution in [0.15, 0.2) is 24.3 Å². The number of aldehydes is 1. The Hall–Kier alpha value is -1.31. The van der Waals surface area contributed by atoms with Crippen molar-refractivity contribution in [2.75, 3.05) is 6.61 Å². The van der Waals surface area contributed by atoms with Gasteiger partial charge in [-0.25, -0.2) is 0 Å². The summed E-state index contributed by atoms with van der Waals surface area (Å²) in [6, 6.07) is 7.92. The molecule has 76 valence electrons. The van der Waals surface area contributed by atoms with E-state index in [1.54, 1.807) is 0 Å². The van der Waals surface area contributed by atoms with Crippen molar-refractivity contribution in [1.29, 1.82) is 0 Å². The number of hydrogen-bond donors (Lipinski definition) is 0. The highest BCUT2D eigenvalue weighted by Gasteiger charge is 2.02. The van der Waals surface area contributed by atoms with Crippen molar-refractivity contribution in [3.8, 4) is 5.75 Å². The standard InChI is InChI=1S/C12H16O2/c1-3-10(2)11-4-6-12(7-5-11)14-9-8-13/h4-8,10H,3,9H2,1-2H3. The third kappa shape index (κ3) is 2.87. The first-order valence-electron chi connectivity index (χ1n) is 4.94. The summed E-state index contributed by atoms with van der Waals surface area (Å²) in [5.74, 6) is 1.33. The van der Waals surface area contributed by atoms with Crippen molar-refractivity contribution in [3.63, 3.8) is 0 Å². The van der Waals surface area contributed by atoms with Gasteiger partial charge in [0.1, 0.15) is 12.4 Å². The molecule has 2 heteroatoms. The number of rotatable bonds is 5. The summed E-state index contributed by atoms with van der Waals surface area (Å²) < 4.78 is 5.16. The van der Waals surface area contributed by atoms with Crippen LogP contribution in [0.2, 0.25) is 0 Å². The van der Waals surface area contributed by atoms with E-state index in [-0.39, 0.29) is 6.61 Å². The lowest BCUT2D eigenvalue weighted by atomic mass is 9.99. The third-order valence-electron chi connectivity index (χ3n) is 2.38. The van der Waals surface area contributed by atoms with E-state index in [1.165, 1.54) is 5.56 Å². The fourth-order valence-corrected chi connectivity index (χ4v) is 1.26. The van der Waals surface area contributed by atoms with Crippen LogP contribution in [0.1, 0.15) is 31.7 Å². The minimum atomic E-state index is 0.128. The van der Waals surface area contributed by atoms with Crippen LogP contribution in [0.25, 0.3) is 0 Å². The van der Waals surface area contributed by atoms with E-state index < -0.39 is 0 Å². The summed E-state index contributed by atoms with van der Waals surface area (Å²) in [4.78, 5) is 10.1. The molecule has 2 nitrogen and oxygen atoms in total. The fourth-order valence-electron chi connectivity index (χ4n) is 1.26. The van der Waals surface area contributed by atoms with Gasteiger partial charge in [0, 0.05) is 0 Å². The second kappa shape index (κ2) is 5.43. The molecular weight excluding hydrogens is 176 g/mol. The van der Waals surface area contributed by atoms with Crippen molar-refractivity contribution in [1.82, 2.24) is 0 Å². The van der Waals surface area contributed by atoms with E-state index in [1.807, 2.05) is 24.3 Å². The van der Waals surface area contributed by atoms with Gasteiger partial charge in [0.2, 0.25) is 0 Å². The fraction of sp³-hybridized carbons (Fsp3) is 0.417. The summed E-state index contributed by atoms with van der Waals surface area (Å²) in [6.07, 6.45) is 1.89. The topological polar surface area (TPSA) is 26.3 Å². The Morgan fingerprint density at radius 2 is 2.00 bits per heavy atom. The van der Waals surface area contributed by atoms with Gasteiger partial charge in [-0.1, -0.05) is 26.0 Å². The molecule has 0 heterocycles. The maximum absolute atomic E-state index is 10.1. The van der Waals surface area contributed by atoms with Gasteiger partial charge in [-0.15, -0.1) is 0 Å². The maximum Gasteiger partial charge on any atom is 0.157 e.